The lowest BCUT2D eigenvalue weighted by Gasteiger charge is -2.36. The fourth-order valence-corrected chi connectivity index (χ4v) is 3.27. The van der Waals surface area contributed by atoms with E-state index in [1.54, 1.807) is 10.9 Å². The van der Waals surface area contributed by atoms with Crippen molar-refractivity contribution in [1.29, 1.82) is 0 Å². The number of carboxylic acids is 1. The van der Waals surface area contributed by atoms with Gasteiger partial charge in [-0.1, -0.05) is 37.3 Å². The third-order valence-corrected chi connectivity index (χ3v) is 4.97. The van der Waals surface area contributed by atoms with E-state index in [0.29, 0.717) is 30.9 Å². The molecule has 1 aromatic carbocycles. The first-order valence-corrected chi connectivity index (χ1v) is 8.61. The predicted molar refractivity (Wildman–Crippen MR) is 93.2 cm³/mol. The fraction of sp³-hybridized carbons (Fsp3) is 0.421. The van der Waals surface area contributed by atoms with Gasteiger partial charge < -0.3 is 10.4 Å². The average Bonchev–Trinajstić information content (AvgIpc) is 3.06. The van der Waals surface area contributed by atoms with Crippen molar-refractivity contribution in [2.45, 2.75) is 44.7 Å². The Labute approximate surface area is 146 Å². The van der Waals surface area contributed by atoms with Crippen LogP contribution in [0.5, 0.6) is 0 Å². The molecule has 0 spiro atoms. The molecule has 0 radical (unpaired) electrons. The van der Waals surface area contributed by atoms with Crippen molar-refractivity contribution in [3.8, 4) is 0 Å². The highest BCUT2D eigenvalue weighted by molar-refractivity contribution is 5.97. The van der Waals surface area contributed by atoms with E-state index in [4.69, 9.17) is 0 Å². The molecule has 1 fully saturated rings. The molecule has 1 aliphatic rings. The van der Waals surface area contributed by atoms with E-state index >= 15 is 0 Å². The molecule has 1 saturated carbocycles. The number of hydrogen-bond donors (Lipinski definition) is 2. The average molecular weight is 341 g/mol. The van der Waals surface area contributed by atoms with Crippen molar-refractivity contribution in [2.24, 2.45) is 5.92 Å². The largest absolute Gasteiger partial charge is 0.480 e. The molecule has 25 heavy (non-hydrogen) atoms. The summed E-state index contributed by atoms with van der Waals surface area (Å²) in [7, 11) is 0. The van der Waals surface area contributed by atoms with Crippen molar-refractivity contribution in [3.63, 3.8) is 0 Å². The lowest BCUT2D eigenvalue weighted by molar-refractivity contribution is -0.146. The number of aromatic nitrogens is 2. The predicted octanol–water partition coefficient (Wildman–Crippen LogP) is 2.69. The van der Waals surface area contributed by atoms with Crippen LogP contribution < -0.4 is 5.32 Å². The van der Waals surface area contributed by atoms with Gasteiger partial charge in [-0.3, -0.25) is 9.48 Å². The summed E-state index contributed by atoms with van der Waals surface area (Å²) < 4.78 is 1.68. The Hall–Kier alpha value is -2.63. The van der Waals surface area contributed by atoms with Crippen LogP contribution in [0.1, 0.15) is 48.5 Å². The van der Waals surface area contributed by atoms with E-state index in [9.17, 15) is 14.7 Å². The molecular weight excluding hydrogens is 318 g/mol. The molecule has 0 aliphatic heterocycles. The first kappa shape index (κ1) is 17.2. The SMILES string of the molecule is CC1CCC(NC(=O)c2cnn(Cc3ccccc3)c2)(C(=O)O)CC1. The number of amides is 1. The number of nitrogens with zero attached hydrogens (tertiary/aromatic N) is 2. The minimum Gasteiger partial charge on any atom is -0.480 e. The molecule has 1 heterocycles. The molecule has 2 N–H and O–H groups in total. The second-order valence-electron chi connectivity index (χ2n) is 6.94. The third kappa shape index (κ3) is 3.90. The van der Waals surface area contributed by atoms with Crippen LogP contribution in [-0.2, 0) is 11.3 Å². The van der Waals surface area contributed by atoms with Gasteiger partial charge >= 0.3 is 5.97 Å². The first-order chi connectivity index (χ1) is 12.0. The van der Waals surface area contributed by atoms with Crippen LogP contribution in [0.4, 0.5) is 0 Å². The molecule has 132 valence electrons. The van der Waals surface area contributed by atoms with Crippen molar-refractivity contribution >= 4 is 11.9 Å². The number of benzene rings is 1. The van der Waals surface area contributed by atoms with Gasteiger partial charge in [-0.25, -0.2) is 4.79 Å². The Morgan fingerprint density at radius 3 is 2.60 bits per heavy atom. The maximum atomic E-state index is 12.5. The van der Waals surface area contributed by atoms with Crippen molar-refractivity contribution < 1.29 is 14.7 Å². The first-order valence-electron chi connectivity index (χ1n) is 8.61. The number of carbonyl (C=O) groups is 2. The minimum atomic E-state index is -1.16. The van der Waals surface area contributed by atoms with E-state index in [-0.39, 0.29) is 5.91 Å². The monoisotopic (exact) mass is 341 g/mol. The fourth-order valence-electron chi connectivity index (χ4n) is 3.27. The number of hydrogen-bond acceptors (Lipinski definition) is 3. The molecular formula is C19H23N3O3. The van der Waals surface area contributed by atoms with Crippen molar-refractivity contribution in [1.82, 2.24) is 15.1 Å². The van der Waals surface area contributed by atoms with Crippen molar-refractivity contribution in [2.75, 3.05) is 0 Å². The highest BCUT2D eigenvalue weighted by Crippen LogP contribution is 2.32. The zero-order valence-electron chi connectivity index (χ0n) is 14.3. The topological polar surface area (TPSA) is 84.2 Å². The molecule has 1 amide bonds. The van der Waals surface area contributed by atoms with E-state index in [1.165, 1.54) is 6.20 Å². The summed E-state index contributed by atoms with van der Waals surface area (Å²) in [6, 6.07) is 9.83. The molecule has 6 nitrogen and oxygen atoms in total. The van der Waals surface area contributed by atoms with Crippen LogP contribution in [0.15, 0.2) is 42.7 Å². The zero-order valence-corrected chi connectivity index (χ0v) is 14.3. The Morgan fingerprint density at radius 1 is 1.28 bits per heavy atom. The van der Waals surface area contributed by atoms with Gasteiger partial charge in [-0.2, -0.15) is 5.10 Å². The lowest BCUT2D eigenvalue weighted by Crippen LogP contribution is -2.56. The van der Waals surface area contributed by atoms with E-state index in [0.717, 1.165) is 18.4 Å². The van der Waals surface area contributed by atoms with Crippen LogP contribution in [0, 0.1) is 5.92 Å². The van der Waals surface area contributed by atoms with Gasteiger partial charge in [0.15, 0.2) is 0 Å². The molecule has 0 unspecified atom stereocenters. The van der Waals surface area contributed by atoms with Crippen LogP contribution in [0.25, 0.3) is 0 Å². The number of carboxylic acid groups (broad SMARTS) is 1. The van der Waals surface area contributed by atoms with Crippen LogP contribution in [-0.4, -0.2) is 32.3 Å². The smallest absolute Gasteiger partial charge is 0.329 e. The Bertz CT molecular complexity index is 746. The van der Waals surface area contributed by atoms with Gasteiger partial charge in [-0.15, -0.1) is 0 Å². The summed E-state index contributed by atoms with van der Waals surface area (Å²) in [5.41, 5.74) is 0.307. The number of carbonyl (C=O) groups excluding carboxylic acids is 1. The molecule has 1 aliphatic carbocycles. The van der Waals surface area contributed by atoms with E-state index in [1.807, 2.05) is 30.3 Å². The molecule has 6 heteroatoms. The number of rotatable bonds is 5. The van der Waals surface area contributed by atoms with Crippen molar-refractivity contribution in [3.05, 3.63) is 53.9 Å². The Morgan fingerprint density at radius 2 is 1.96 bits per heavy atom. The summed E-state index contributed by atoms with van der Waals surface area (Å²) in [6.45, 7) is 2.68. The second kappa shape index (κ2) is 7.09. The molecule has 0 atom stereocenters. The molecule has 2 aromatic rings. The van der Waals surface area contributed by atoms with E-state index < -0.39 is 11.5 Å². The summed E-state index contributed by atoms with van der Waals surface area (Å²) in [5.74, 6) is -0.835. The summed E-state index contributed by atoms with van der Waals surface area (Å²) in [5, 5.41) is 16.6. The number of nitrogens with one attached hydrogen (secondary N) is 1. The molecule has 0 saturated heterocycles. The lowest BCUT2D eigenvalue weighted by atomic mass is 9.77. The van der Waals surface area contributed by atoms with Gasteiger partial charge in [0.25, 0.3) is 5.91 Å². The molecule has 3 rings (SSSR count). The maximum absolute atomic E-state index is 12.5. The van der Waals surface area contributed by atoms with Gasteiger partial charge in [0, 0.05) is 6.20 Å². The minimum absolute atomic E-state index is 0.378. The van der Waals surface area contributed by atoms with E-state index in [2.05, 4.69) is 17.3 Å². The van der Waals surface area contributed by atoms with Gasteiger partial charge in [0.1, 0.15) is 5.54 Å². The quantitative estimate of drug-likeness (QED) is 0.876. The summed E-state index contributed by atoms with van der Waals surface area (Å²) in [6.07, 6.45) is 5.68. The highest BCUT2D eigenvalue weighted by Gasteiger charge is 2.42. The molecule has 0 bridgehead atoms. The Balaban J connectivity index is 1.69. The normalized spacial score (nSPS) is 23.2. The Kier molecular flexibility index (Phi) is 4.88. The molecule has 1 aromatic heterocycles. The number of aliphatic carboxylic acids is 1. The zero-order chi connectivity index (χ0) is 17.9. The van der Waals surface area contributed by atoms with Crippen LogP contribution in [0.2, 0.25) is 0 Å². The van der Waals surface area contributed by atoms with Gasteiger partial charge in [-0.05, 0) is 37.2 Å². The van der Waals surface area contributed by atoms with Gasteiger partial charge in [0.2, 0.25) is 0 Å². The summed E-state index contributed by atoms with van der Waals surface area (Å²) in [4.78, 5) is 24.3. The van der Waals surface area contributed by atoms with Gasteiger partial charge in [0.05, 0.1) is 18.3 Å². The highest BCUT2D eigenvalue weighted by atomic mass is 16.4. The summed E-state index contributed by atoms with van der Waals surface area (Å²) >= 11 is 0. The van der Waals surface area contributed by atoms with Crippen LogP contribution in [0.3, 0.4) is 0 Å². The third-order valence-electron chi connectivity index (χ3n) is 4.97. The maximum Gasteiger partial charge on any atom is 0.329 e. The standard InChI is InChI=1S/C19H23N3O3/c1-14-7-9-19(10-8-14,18(24)25)21-17(23)16-11-20-22(13-16)12-15-5-3-2-4-6-15/h2-6,11,13-14H,7-10,12H2,1H3,(H,21,23)(H,24,25). The second-order valence-corrected chi connectivity index (χ2v) is 6.94. The van der Waals surface area contributed by atoms with Crippen LogP contribution >= 0.6 is 0 Å².